The van der Waals surface area contributed by atoms with Crippen molar-refractivity contribution in [1.29, 1.82) is 0 Å². The van der Waals surface area contributed by atoms with Gasteiger partial charge in [0.05, 0.1) is 13.1 Å². The Bertz CT molecular complexity index is 1150. The molecule has 0 saturated carbocycles. The summed E-state index contributed by atoms with van der Waals surface area (Å²) in [5, 5.41) is 6.14. The van der Waals surface area contributed by atoms with Crippen molar-refractivity contribution in [3.8, 4) is 0 Å². The second kappa shape index (κ2) is 13.4. The molecule has 0 fully saturated rings. The highest BCUT2D eigenvalue weighted by Crippen LogP contribution is 2.27. The van der Waals surface area contributed by atoms with Crippen molar-refractivity contribution in [2.24, 2.45) is 11.7 Å². The monoisotopic (exact) mass is 525 g/mol. The Morgan fingerprint density at radius 1 is 1.08 bits per heavy atom. The van der Waals surface area contributed by atoms with E-state index in [4.69, 9.17) is 5.73 Å². The summed E-state index contributed by atoms with van der Waals surface area (Å²) in [5.74, 6) is -0.868. The van der Waals surface area contributed by atoms with Crippen LogP contribution in [0, 0.1) is 18.7 Å². The molecular weight excluding hydrogens is 485 g/mol. The fraction of sp³-hybridized carbons (Fsp3) is 0.483. The van der Waals surface area contributed by atoms with E-state index in [1.807, 2.05) is 26.8 Å². The van der Waals surface area contributed by atoms with E-state index in [0.29, 0.717) is 36.9 Å². The number of carbonyl (C=O) groups excluding carboxylic acids is 3. The number of hydrogen-bond donors (Lipinski definition) is 3. The minimum Gasteiger partial charge on any atom is -0.366 e. The summed E-state index contributed by atoms with van der Waals surface area (Å²) in [5.41, 5.74) is 9.43. The van der Waals surface area contributed by atoms with E-state index in [1.165, 1.54) is 6.07 Å². The molecule has 8 nitrogen and oxygen atoms in total. The molecule has 2 aromatic carbocycles. The molecule has 0 bridgehead atoms. The van der Waals surface area contributed by atoms with Gasteiger partial charge in [0.25, 0.3) is 0 Å². The normalized spacial score (nSPS) is 14.6. The first-order valence-corrected chi connectivity index (χ1v) is 13.2. The van der Waals surface area contributed by atoms with Crippen molar-refractivity contribution in [2.45, 2.75) is 46.1 Å². The number of aryl methyl sites for hydroxylation is 2. The highest BCUT2D eigenvalue weighted by atomic mass is 19.1. The topological polar surface area (TPSA) is 108 Å². The largest absolute Gasteiger partial charge is 0.366 e. The van der Waals surface area contributed by atoms with Gasteiger partial charge >= 0.3 is 0 Å². The van der Waals surface area contributed by atoms with Crippen LogP contribution in [0.5, 0.6) is 0 Å². The molecule has 3 rings (SSSR count). The summed E-state index contributed by atoms with van der Waals surface area (Å²) in [6.07, 6.45) is 2.46. The summed E-state index contributed by atoms with van der Waals surface area (Å²) in [7, 11) is 1.77. The highest BCUT2D eigenvalue weighted by molar-refractivity contribution is 5.95. The van der Waals surface area contributed by atoms with Gasteiger partial charge in [-0.25, -0.2) is 4.39 Å². The molecule has 9 heteroatoms. The molecule has 1 unspecified atom stereocenters. The van der Waals surface area contributed by atoms with Crippen LogP contribution < -0.4 is 21.3 Å². The Morgan fingerprint density at radius 3 is 2.55 bits per heavy atom. The number of nitrogens with one attached hydrogen (secondary N) is 2. The van der Waals surface area contributed by atoms with Gasteiger partial charge in [0.2, 0.25) is 17.7 Å². The predicted octanol–water partition coefficient (Wildman–Crippen LogP) is 2.42. The van der Waals surface area contributed by atoms with Crippen molar-refractivity contribution >= 4 is 23.4 Å². The number of rotatable bonds is 12. The third kappa shape index (κ3) is 8.28. The number of anilines is 1. The van der Waals surface area contributed by atoms with Crippen LogP contribution in [0.2, 0.25) is 0 Å². The van der Waals surface area contributed by atoms with E-state index in [-0.39, 0.29) is 36.6 Å². The van der Waals surface area contributed by atoms with Gasteiger partial charge in [-0.2, -0.15) is 0 Å². The van der Waals surface area contributed by atoms with Crippen molar-refractivity contribution in [3.05, 3.63) is 64.5 Å². The highest BCUT2D eigenvalue weighted by Gasteiger charge is 2.24. The zero-order chi connectivity index (χ0) is 27.8. The molecule has 0 heterocycles. The van der Waals surface area contributed by atoms with Gasteiger partial charge < -0.3 is 26.2 Å². The van der Waals surface area contributed by atoms with Crippen LogP contribution >= 0.6 is 0 Å². The minimum atomic E-state index is -0.573. The zero-order valence-electron chi connectivity index (χ0n) is 22.9. The van der Waals surface area contributed by atoms with Crippen molar-refractivity contribution in [1.82, 2.24) is 15.5 Å². The maximum atomic E-state index is 13.6. The first-order valence-electron chi connectivity index (χ1n) is 13.2. The van der Waals surface area contributed by atoms with Gasteiger partial charge in [-0.05, 0) is 73.1 Å². The fourth-order valence-corrected chi connectivity index (χ4v) is 4.85. The lowest BCUT2D eigenvalue weighted by atomic mass is 9.83. The Balaban J connectivity index is 1.69. The maximum absolute atomic E-state index is 13.6. The number of nitrogens with zero attached hydrogens (tertiary/aromatic N) is 2. The Labute approximate surface area is 224 Å². The van der Waals surface area contributed by atoms with Crippen molar-refractivity contribution in [2.75, 3.05) is 44.7 Å². The van der Waals surface area contributed by atoms with E-state index in [0.717, 1.165) is 36.0 Å². The van der Waals surface area contributed by atoms with Crippen LogP contribution in [0.25, 0.3) is 0 Å². The SMILES string of the molecule is Cc1ccc(C(N)=O)cc1N(CC(=O)NCCNC(C)C)CC(=O)N(C)CC1CCc2cc(F)ccc2C1. The molecule has 1 atom stereocenters. The summed E-state index contributed by atoms with van der Waals surface area (Å²) >= 11 is 0. The first kappa shape index (κ1) is 29.1. The third-order valence-corrected chi connectivity index (χ3v) is 6.95. The van der Waals surface area contributed by atoms with E-state index in [1.54, 1.807) is 41.1 Å². The minimum absolute atomic E-state index is 0.0221. The molecular formula is C29H40FN5O3. The third-order valence-electron chi connectivity index (χ3n) is 6.95. The van der Waals surface area contributed by atoms with Crippen molar-refractivity contribution in [3.63, 3.8) is 0 Å². The van der Waals surface area contributed by atoms with Gasteiger partial charge in [-0.3, -0.25) is 14.4 Å². The molecule has 0 saturated heterocycles. The number of carbonyl (C=O) groups is 3. The fourth-order valence-electron chi connectivity index (χ4n) is 4.85. The Morgan fingerprint density at radius 2 is 1.84 bits per heavy atom. The number of amides is 3. The number of nitrogens with two attached hydrogens (primary N) is 1. The quantitative estimate of drug-likeness (QED) is 0.369. The number of likely N-dealkylation sites (N-methyl/N-ethyl adjacent to an activating group) is 1. The molecule has 206 valence electrons. The number of halogens is 1. The molecule has 2 aromatic rings. The number of primary amides is 1. The van der Waals surface area contributed by atoms with Crippen LogP contribution in [0.1, 0.15) is 47.3 Å². The summed E-state index contributed by atoms with van der Waals surface area (Å²) in [6.45, 7) is 7.55. The smallest absolute Gasteiger partial charge is 0.248 e. The van der Waals surface area contributed by atoms with E-state index < -0.39 is 5.91 Å². The molecule has 38 heavy (non-hydrogen) atoms. The van der Waals surface area contributed by atoms with Gasteiger partial charge in [0.1, 0.15) is 5.82 Å². The van der Waals surface area contributed by atoms with E-state index >= 15 is 0 Å². The molecule has 0 spiro atoms. The molecule has 4 N–H and O–H groups in total. The summed E-state index contributed by atoms with van der Waals surface area (Å²) in [6, 6.07) is 10.3. The predicted molar refractivity (Wildman–Crippen MR) is 148 cm³/mol. The lowest BCUT2D eigenvalue weighted by Gasteiger charge is -2.31. The second-order valence-electron chi connectivity index (χ2n) is 10.5. The first-order chi connectivity index (χ1) is 18.0. The summed E-state index contributed by atoms with van der Waals surface area (Å²) < 4.78 is 13.6. The van der Waals surface area contributed by atoms with Crippen LogP contribution in [0.3, 0.4) is 0 Å². The van der Waals surface area contributed by atoms with E-state index in [2.05, 4.69) is 10.6 Å². The molecule has 0 aromatic heterocycles. The number of hydrogen-bond acceptors (Lipinski definition) is 5. The van der Waals surface area contributed by atoms with Crippen LogP contribution in [0.15, 0.2) is 36.4 Å². The van der Waals surface area contributed by atoms with Crippen LogP contribution in [0.4, 0.5) is 10.1 Å². The standard InChI is InChI=1S/C29H40FN5O3/c1-19(2)32-11-12-33-27(36)17-35(26-15-24(29(31)38)7-5-20(26)3)18-28(37)34(4)16-21-6-8-23-14-25(30)10-9-22(23)13-21/h5,7,9-10,14-15,19,21,32H,6,8,11-13,16-18H2,1-4H3,(H2,31,38)(H,33,36). The molecule has 3 amide bonds. The van der Waals surface area contributed by atoms with Gasteiger partial charge in [-0.15, -0.1) is 0 Å². The van der Waals surface area contributed by atoms with Crippen molar-refractivity contribution < 1.29 is 18.8 Å². The lowest BCUT2D eigenvalue weighted by Crippen LogP contribution is -2.46. The average molecular weight is 526 g/mol. The Kier molecular flexibility index (Phi) is 10.2. The molecule has 1 aliphatic carbocycles. The zero-order valence-corrected chi connectivity index (χ0v) is 22.9. The van der Waals surface area contributed by atoms with Gasteiger partial charge in [0.15, 0.2) is 0 Å². The molecule has 0 radical (unpaired) electrons. The van der Waals surface area contributed by atoms with Crippen LogP contribution in [-0.2, 0) is 22.4 Å². The Hall–Kier alpha value is -3.46. The van der Waals surface area contributed by atoms with Gasteiger partial charge in [0, 0.05) is 44.0 Å². The molecule has 1 aliphatic rings. The number of benzene rings is 2. The second-order valence-corrected chi connectivity index (χ2v) is 10.5. The average Bonchev–Trinajstić information content (AvgIpc) is 2.86. The maximum Gasteiger partial charge on any atom is 0.248 e. The van der Waals surface area contributed by atoms with Gasteiger partial charge in [-0.1, -0.05) is 26.0 Å². The summed E-state index contributed by atoms with van der Waals surface area (Å²) in [4.78, 5) is 41.3. The van der Waals surface area contributed by atoms with E-state index in [9.17, 15) is 18.8 Å². The van der Waals surface area contributed by atoms with Crippen LogP contribution in [-0.4, -0.2) is 68.4 Å². The molecule has 0 aliphatic heterocycles. The number of fused-ring (bicyclic) bond motifs is 1. The lowest BCUT2D eigenvalue weighted by molar-refractivity contribution is -0.129.